The zero-order valence-electron chi connectivity index (χ0n) is 14.2. The van der Waals surface area contributed by atoms with Crippen LogP contribution in [0.25, 0.3) is 11.0 Å². The molecule has 0 radical (unpaired) electrons. The van der Waals surface area contributed by atoms with E-state index in [0.29, 0.717) is 5.39 Å². The van der Waals surface area contributed by atoms with Crippen molar-refractivity contribution in [1.29, 1.82) is 0 Å². The summed E-state index contributed by atoms with van der Waals surface area (Å²) < 4.78 is 111. The van der Waals surface area contributed by atoms with Gasteiger partial charge >= 0.3 is 28.1 Å². The quantitative estimate of drug-likeness (QED) is 0.295. The van der Waals surface area contributed by atoms with Crippen molar-refractivity contribution in [3.8, 4) is 0 Å². The lowest BCUT2D eigenvalue weighted by atomic mass is 10.1. The van der Waals surface area contributed by atoms with E-state index in [-0.39, 0.29) is 40.7 Å². The van der Waals surface area contributed by atoms with Gasteiger partial charge in [-0.1, -0.05) is 6.07 Å². The van der Waals surface area contributed by atoms with Crippen LogP contribution in [-0.4, -0.2) is 8.42 Å². The van der Waals surface area contributed by atoms with Gasteiger partial charge in [0.25, 0.3) is 0 Å². The number of alkyl halides is 6. The third kappa shape index (κ3) is 4.96. The van der Waals surface area contributed by atoms with Gasteiger partial charge in [-0.3, -0.25) is 0 Å². The highest BCUT2D eigenvalue weighted by Crippen LogP contribution is 2.38. The van der Waals surface area contributed by atoms with E-state index in [4.69, 9.17) is 4.42 Å². The topological polar surface area (TPSA) is 73.6 Å². The molecule has 5 nitrogen and oxygen atoms in total. The molecule has 30 heavy (non-hydrogen) atoms. The molecule has 13 heteroatoms. The molecule has 160 valence electrons. The molecule has 0 saturated carbocycles. The number of benzene rings is 2. The van der Waals surface area contributed by atoms with Crippen LogP contribution in [0.4, 0.5) is 26.3 Å². The first kappa shape index (κ1) is 22.2. The molecule has 0 bridgehead atoms. The Morgan fingerprint density at radius 1 is 0.833 bits per heavy atom. The molecule has 3 rings (SSSR count). The van der Waals surface area contributed by atoms with E-state index in [1.807, 2.05) is 0 Å². The van der Waals surface area contributed by atoms with Gasteiger partial charge < -0.3 is 4.42 Å². The van der Waals surface area contributed by atoms with Crippen LogP contribution in [0.1, 0.15) is 11.1 Å². The van der Waals surface area contributed by atoms with Gasteiger partial charge in [-0.25, -0.2) is 4.79 Å². The normalized spacial score (nSPS) is 13.0. The summed E-state index contributed by atoms with van der Waals surface area (Å²) in [5.74, 6) is 0. The van der Waals surface area contributed by atoms with Crippen molar-refractivity contribution in [2.75, 3.05) is 0 Å². The first-order chi connectivity index (χ1) is 13.8. The number of rotatable bonds is 4. The van der Waals surface area contributed by atoms with Crippen LogP contribution >= 0.6 is 12.0 Å². The zero-order valence-corrected chi connectivity index (χ0v) is 15.9. The van der Waals surface area contributed by atoms with Gasteiger partial charge in [-0.15, -0.1) is 0 Å². The fraction of sp³-hybridized carbons (Fsp3) is 0.118. The first-order valence-electron chi connectivity index (χ1n) is 7.70. The number of hydrogen-bond acceptors (Lipinski definition) is 6. The van der Waals surface area contributed by atoms with Crippen molar-refractivity contribution in [2.45, 2.75) is 22.1 Å². The minimum absolute atomic E-state index is 0.0462. The summed E-state index contributed by atoms with van der Waals surface area (Å²) in [7, 11) is -5.01. The average Bonchev–Trinajstić information content (AvgIpc) is 2.64. The predicted molar refractivity (Wildman–Crippen MR) is 93.1 cm³/mol. The first-order valence-corrected chi connectivity index (χ1v) is 9.85. The Balaban J connectivity index is 1.94. The molecule has 0 aliphatic heterocycles. The van der Waals surface area contributed by atoms with Gasteiger partial charge in [0.1, 0.15) is 5.58 Å². The average molecular weight is 470 g/mol. The maximum atomic E-state index is 12.9. The molecular formula is C17H8F6O5S2. The molecule has 0 atom stereocenters. The number of fused-ring (bicyclic) bond motifs is 1. The summed E-state index contributed by atoms with van der Waals surface area (Å²) in [6.45, 7) is 0. The highest BCUT2D eigenvalue weighted by molar-refractivity contribution is 8.04. The standard InChI is InChI=1S/C17H8F6O5S2/c18-16(19,20)10-5-11(17(21,22)23)7-13(6-10)30(25,26)28-29-12-3-1-9-2-4-15(24)27-14(9)8-12/h1-8H. The largest absolute Gasteiger partial charge is 0.423 e. The summed E-state index contributed by atoms with van der Waals surface area (Å²) in [5.41, 5.74) is -4.19. The van der Waals surface area contributed by atoms with Gasteiger partial charge in [0.15, 0.2) is 0 Å². The van der Waals surface area contributed by atoms with Crippen LogP contribution in [0.2, 0.25) is 0 Å². The van der Waals surface area contributed by atoms with Crippen LogP contribution in [0.5, 0.6) is 0 Å². The van der Waals surface area contributed by atoms with Gasteiger partial charge in [-0.2, -0.15) is 38.4 Å². The van der Waals surface area contributed by atoms with E-state index >= 15 is 0 Å². The van der Waals surface area contributed by atoms with Crippen molar-refractivity contribution in [3.63, 3.8) is 0 Å². The van der Waals surface area contributed by atoms with E-state index in [1.165, 1.54) is 24.3 Å². The highest BCUT2D eigenvalue weighted by atomic mass is 32.3. The highest BCUT2D eigenvalue weighted by Gasteiger charge is 2.38. The van der Waals surface area contributed by atoms with Crippen molar-refractivity contribution >= 4 is 33.1 Å². The monoisotopic (exact) mass is 470 g/mol. The Bertz CT molecular complexity index is 1230. The molecular weight excluding hydrogens is 462 g/mol. The fourth-order valence-electron chi connectivity index (χ4n) is 2.29. The summed E-state index contributed by atoms with van der Waals surface area (Å²) in [4.78, 5) is 10.00. The molecule has 3 aromatic rings. The molecule has 0 aliphatic rings. The summed E-state index contributed by atoms with van der Waals surface area (Å²) in [6.07, 6.45) is -10.4. The lowest BCUT2D eigenvalue weighted by molar-refractivity contribution is -0.143. The molecule has 0 amide bonds. The van der Waals surface area contributed by atoms with Crippen LogP contribution in [0.3, 0.4) is 0 Å². The third-order valence-electron chi connectivity index (χ3n) is 3.66. The van der Waals surface area contributed by atoms with Crippen molar-refractivity contribution in [1.82, 2.24) is 0 Å². The SMILES string of the molecule is O=c1ccc2ccc(SOS(=O)(=O)c3cc(C(F)(F)F)cc(C(F)(F)F)c3)cc2o1. The molecule has 0 spiro atoms. The molecule has 0 saturated heterocycles. The van der Waals surface area contributed by atoms with Crippen molar-refractivity contribution in [2.24, 2.45) is 0 Å². The molecule has 0 aliphatic carbocycles. The van der Waals surface area contributed by atoms with Crippen LogP contribution in [0, 0.1) is 0 Å². The molecule has 2 aromatic carbocycles. The van der Waals surface area contributed by atoms with Gasteiger partial charge in [0.05, 0.1) is 28.1 Å². The second kappa shape index (κ2) is 7.63. The maximum absolute atomic E-state index is 12.9. The second-order valence-corrected chi connectivity index (χ2v) is 8.36. The van der Waals surface area contributed by atoms with E-state index in [1.54, 1.807) is 0 Å². The Kier molecular flexibility index (Phi) is 5.64. The molecule has 1 heterocycles. The summed E-state index contributed by atoms with van der Waals surface area (Å²) >= 11 is 0.157. The Morgan fingerprint density at radius 2 is 1.40 bits per heavy atom. The zero-order chi connectivity index (χ0) is 22.3. The Labute approximate surface area is 168 Å². The smallest absolute Gasteiger partial charge is 0.416 e. The van der Waals surface area contributed by atoms with E-state index in [9.17, 15) is 39.6 Å². The maximum Gasteiger partial charge on any atom is 0.416 e. The molecule has 1 aromatic heterocycles. The van der Waals surface area contributed by atoms with Crippen LogP contribution < -0.4 is 5.63 Å². The van der Waals surface area contributed by atoms with E-state index < -0.39 is 44.1 Å². The minimum Gasteiger partial charge on any atom is -0.423 e. The number of hydrogen-bond donors (Lipinski definition) is 0. The third-order valence-corrected chi connectivity index (χ3v) is 5.91. The number of halogens is 6. The molecule has 0 fully saturated rings. The summed E-state index contributed by atoms with van der Waals surface area (Å²) in [6, 6.07) is 6.52. The predicted octanol–water partition coefficient (Wildman–Crippen LogP) is 5.24. The van der Waals surface area contributed by atoms with Crippen LogP contribution in [-0.2, 0) is 26.1 Å². The fourth-order valence-corrected chi connectivity index (χ4v) is 4.10. The second-order valence-electron chi connectivity index (χ2n) is 5.80. The molecule has 0 unspecified atom stereocenters. The van der Waals surface area contributed by atoms with E-state index in [2.05, 4.69) is 3.63 Å². The lowest BCUT2D eigenvalue weighted by Crippen LogP contribution is -2.13. The van der Waals surface area contributed by atoms with Gasteiger partial charge in [-0.05, 0) is 36.4 Å². The van der Waals surface area contributed by atoms with Crippen LogP contribution in [0.15, 0.2) is 67.5 Å². The Hall–Kier alpha value is -2.51. The minimum atomic E-state index is -5.21. The summed E-state index contributed by atoms with van der Waals surface area (Å²) in [5, 5.41) is 0.495. The van der Waals surface area contributed by atoms with Crippen molar-refractivity contribution in [3.05, 3.63) is 70.1 Å². The van der Waals surface area contributed by atoms with Gasteiger partial charge in [0, 0.05) is 16.3 Å². The molecule has 0 N–H and O–H groups in total. The van der Waals surface area contributed by atoms with E-state index in [0.717, 1.165) is 6.07 Å². The lowest BCUT2D eigenvalue weighted by Gasteiger charge is -2.14. The van der Waals surface area contributed by atoms with Gasteiger partial charge in [0.2, 0.25) is 0 Å². The van der Waals surface area contributed by atoms with Crippen molar-refractivity contribution < 1.29 is 42.8 Å². The Morgan fingerprint density at radius 3 is 1.97 bits per heavy atom.